The number of carbonyl (C=O) groups is 2. The Balaban J connectivity index is 1.94. The standard InChI is InChI=1S/C17H14BrNO3/c1-10-2-7-14-13(8-10)17(22,16(21)19-14)9-15(20)11-3-5-12(18)6-4-11/h2-8,22H,9H2,1H3,(H,19,21)/t17-/m0/s1. The van der Waals surface area contributed by atoms with Crippen LogP contribution in [0.15, 0.2) is 46.9 Å². The molecule has 4 nitrogen and oxygen atoms in total. The second kappa shape index (κ2) is 5.34. The Kier molecular flexibility index (Phi) is 3.62. The summed E-state index contributed by atoms with van der Waals surface area (Å²) in [4.78, 5) is 24.6. The molecule has 2 aromatic rings. The van der Waals surface area contributed by atoms with Crippen LogP contribution in [0.2, 0.25) is 0 Å². The highest BCUT2D eigenvalue weighted by molar-refractivity contribution is 9.10. The summed E-state index contributed by atoms with van der Waals surface area (Å²) >= 11 is 3.31. The van der Waals surface area contributed by atoms with E-state index in [-0.39, 0.29) is 12.2 Å². The predicted octanol–water partition coefficient (Wildman–Crippen LogP) is 3.17. The molecule has 22 heavy (non-hydrogen) atoms. The Hall–Kier alpha value is -1.98. The van der Waals surface area contributed by atoms with Crippen LogP contribution in [0.3, 0.4) is 0 Å². The molecule has 0 saturated carbocycles. The smallest absolute Gasteiger partial charge is 0.261 e. The molecule has 3 rings (SSSR count). The number of ketones is 1. The molecule has 0 spiro atoms. The van der Waals surface area contributed by atoms with Crippen molar-refractivity contribution in [1.29, 1.82) is 0 Å². The number of Topliss-reactive ketones (excluding diaryl/α,β-unsaturated/α-hetero) is 1. The van der Waals surface area contributed by atoms with Crippen LogP contribution in [-0.4, -0.2) is 16.8 Å². The lowest BCUT2D eigenvalue weighted by molar-refractivity contribution is -0.133. The number of hydrogen-bond acceptors (Lipinski definition) is 3. The van der Waals surface area contributed by atoms with Crippen molar-refractivity contribution in [3.05, 3.63) is 63.6 Å². The summed E-state index contributed by atoms with van der Waals surface area (Å²) in [6.45, 7) is 1.88. The summed E-state index contributed by atoms with van der Waals surface area (Å²) in [5.74, 6) is -0.835. The fourth-order valence-corrected chi connectivity index (χ4v) is 2.87. The number of benzene rings is 2. The highest BCUT2D eigenvalue weighted by atomic mass is 79.9. The van der Waals surface area contributed by atoms with Gasteiger partial charge in [0, 0.05) is 21.3 Å². The Morgan fingerprint density at radius 2 is 1.91 bits per heavy atom. The zero-order valence-electron chi connectivity index (χ0n) is 11.9. The number of aryl methyl sites for hydroxylation is 1. The Labute approximate surface area is 136 Å². The van der Waals surface area contributed by atoms with E-state index >= 15 is 0 Å². The third-order valence-corrected chi connectivity index (χ3v) is 4.36. The maximum absolute atomic E-state index is 12.4. The lowest BCUT2D eigenvalue weighted by atomic mass is 9.87. The number of aliphatic hydroxyl groups is 1. The molecule has 0 radical (unpaired) electrons. The monoisotopic (exact) mass is 359 g/mol. The van der Waals surface area contributed by atoms with Crippen molar-refractivity contribution >= 4 is 33.3 Å². The number of halogens is 1. The summed E-state index contributed by atoms with van der Waals surface area (Å²) in [5, 5.41) is 13.4. The van der Waals surface area contributed by atoms with Crippen molar-refractivity contribution in [2.24, 2.45) is 0 Å². The number of amides is 1. The van der Waals surface area contributed by atoms with Crippen molar-refractivity contribution < 1.29 is 14.7 Å². The number of anilines is 1. The summed E-state index contributed by atoms with van der Waals surface area (Å²) in [7, 11) is 0. The molecule has 0 saturated heterocycles. The van der Waals surface area contributed by atoms with Gasteiger partial charge in [0.05, 0.1) is 6.42 Å². The van der Waals surface area contributed by atoms with Crippen LogP contribution < -0.4 is 5.32 Å². The second-order valence-electron chi connectivity index (χ2n) is 5.47. The van der Waals surface area contributed by atoms with Gasteiger partial charge in [-0.2, -0.15) is 0 Å². The molecule has 0 fully saturated rings. The molecule has 0 unspecified atom stereocenters. The molecular formula is C17H14BrNO3. The van der Waals surface area contributed by atoms with Crippen LogP contribution in [-0.2, 0) is 10.4 Å². The van der Waals surface area contributed by atoms with Crippen molar-refractivity contribution in [2.75, 3.05) is 5.32 Å². The number of rotatable bonds is 3. The lowest BCUT2D eigenvalue weighted by Crippen LogP contribution is -2.36. The van der Waals surface area contributed by atoms with Crippen molar-refractivity contribution in [3.8, 4) is 0 Å². The van der Waals surface area contributed by atoms with Gasteiger partial charge in [0.15, 0.2) is 11.4 Å². The third-order valence-electron chi connectivity index (χ3n) is 3.83. The normalized spacial score (nSPS) is 19.7. The Morgan fingerprint density at radius 1 is 1.23 bits per heavy atom. The Bertz CT molecular complexity index is 770. The first-order chi connectivity index (χ1) is 10.4. The van der Waals surface area contributed by atoms with Crippen LogP contribution in [0, 0.1) is 6.92 Å². The fraction of sp³-hybridized carbons (Fsp3) is 0.176. The van der Waals surface area contributed by atoms with Crippen LogP contribution >= 0.6 is 15.9 Å². The van der Waals surface area contributed by atoms with Gasteiger partial charge < -0.3 is 10.4 Å². The molecule has 0 aromatic heterocycles. The highest BCUT2D eigenvalue weighted by Gasteiger charge is 2.46. The number of nitrogens with one attached hydrogen (secondary N) is 1. The average Bonchev–Trinajstić information content (AvgIpc) is 2.71. The quantitative estimate of drug-likeness (QED) is 0.827. The summed E-state index contributed by atoms with van der Waals surface area (Å²) in [6, 6.07) is 12.2. The van der Waals surface area contributed by atoms with Gasteiger partial charge in [0.25, 0.3) is 5.91 Å². The molecule has 1 aliphatic heterocycles. The molecule has 1 aliphatic rings. The van der Waals surface area contributed by atoms with Gasteiger partial charge in [-0.3, -0.25) is 9.59 Å². The molecular weight excluding hydrogens is 346 g/mol. The van der Waals surface area contributed by atoms with Crippen LogP contribution in [0.5, 0.6) is 0 Å². The molecule has 1 atom stereocenters. The maximum Gasteiger partial charge on any atom is 0.261 e. The van der Waals surface area contributed by atoms with Crippen molar-refractivity contribution in [2.45, 2.75) is 18.9 Å². The summed E-state index contributed by atoms with van der Waals surface area (Å²) < 4.78 is 0.863. The van der Waals surface area contributed by atoms with Gasteiger partial charge in [0.2, 0.25) is 0 Å². The average molecular weight is 360 g/mol. The minimum Gasteiger partial charge on any atom is -0.375 e. The van der Waals surface area contributed by atoms with Gasteiger partial charge in [-0.25, -0.2) is 0 Å². The number of carbonyl (C=O) groups excluding carboxylic acids is 2. The minimum absolute atomic E-state index is 0.278. The Morgan fingerprint density at radius 3 is 2.59 bits per heavy atom. The zero-order valence-corrected chi connectivity index (χ0v) is 13.5. The maximum atomic E-state index is 12.4. The second-order valence-corrected chi connectivity index (χ2v) is 6.39. The van der Waals surface area contributed by atoms with Gasteiger partial charge >= 0.3 is 0 Å². The summed E-state index contributed by atoms with van der Waals surface area (Å²) in [5.41, 5.74) is 0.589. The SMILES string of the molecule is Cc1ccc2c(c1)[C@@](O)(CC(=O)c1ccc(Br)cc1)C(=O)N2. The molecule has 112 valence electrons. The predicted molar refractivity (Wildman–Crippen MR) is 86.8 cm³/mol. The largest absolute Gasteiger partial charge is 0.375 e. The van der Waals surface area contributed by atoms with Gasteiger partial charge in [-0.05, 0) is 25.1 Å². The van der Waals surface area contributed by atoms with Gasteiger partial charge in [-0.15, -0.1) is 0 Å². The number of hydrogen-bond donors (Lipinski definition) is 2. The van der Waals surface area contributed by atoms with E-state index < -0.39 is 11.5 Å². The lowest BCUT2D eigenvalue weighted by Gasteiger charge is -2.20. The van der Waals surface area contributed by atoms with E-state index in [0.29, 0.717) is 16.8 Å². The first-order valence-electron chi connectivity index (χ1n) is 6.84. The van der Waals surface area contributed by atoms with E-state index in [4.69, 9.17) is 0 Å². The molecule has 1 heterocycles. The van der Waals surface area contributed by atoms with E-state index in [1.165, 1.54) is 0 Å². The van der Waals surface area contributed by atoms with Gasteiger partial charge in [0.1, 0.15) is 0 Å². The summed E-state index contributed by atoms with van der Waals surface area (Å²) in [6.07, 6.45) is -0.281. The first-order valence-corrected chi connectivity index (χ1v) is 7.63. The minimum atomic E-state index is -1.81. The van der Waals surface area contributed by atoms with Crippen LogP contribution in [0.1, 0.15) is 27.9 Å². The van der Waals surface area contributed by atoms with Crippen molar-refractivity contribution in [1.82, 2.24) is 0 Å². The van der Waals surface area contributed by atoms with E-state index in [1.807, 2.05) is 13.0 Å². The molecule has 1 amide bonds. The van der Waals surface area contributed by atoms with Gasteiger partial charge in [-0.1, -0.05) is 45.8 Å². The van der Waals surface area contributed by atoms with E-state index in [2.05, 4.69) is 21.2 Å². The van der Waals surface area contributed by atoms with Crippen LogP contribution in [0.4, 0.5) is 5.69 Å². The molecule has 2 aromatic carbocycles. The highest BCUT2D eigenvalue weighted by Crippen LogP contribution is 2.39. The van der Waals surface area contributed by atoms with E-state index in [0.717, 1.165) is 10.0 Å². The van der Waals surface area contributed by atoms with Crippen LogP contribution in [0.25, 0.3) is 0 Å². The van der Waals surface area contributed by atoms with E-state index in [1.54, 1.807) is 36.4 Å². The van der Waals surface area contributed by atoms with Crippen molar-refractivity contribution in [3.63, 3.8) is 0 Å². The molecule has 2 N–H and O–H groups in total. The molecule has 5 heteroatoms. The van der Waals surface area contributed by atoms with E-state index in [9.17, 15) is 14.7 Å². The molecule has 0 bridgehead atoms. The molecule has 0 aliphatic carbocycles. The fourth-order valence-electron chi connectivity index (χ4n) is 2.60. The topological polar surface area (TPSA) is 66.4 Å². The first kappa shape index (κ1) is 14.9. The number of fused-ring (bicyclic) bond motifs is 1. The third kappa shape index (κ3) is 2.46. The zero-order chi connectivity index (χ0) is 15.9.